The second kappa shape index (κ2) is 9.78. The van der Waals surface area contributed by atoms with E-state index in [1.165, 1.54) is 8.61 Å². The monoisotopic (exact) mass is 434 g/mol. The van der Waals surface area contributed by atoms with Gasteiger partial charge in [0.1, 0.15) is 6.61 Å². The van der Waals surface area contributed by atoms with Crippen LogP contribution in [-0.2, 0) is 28.1 Å². The third kappa shape index (κ3) is 5.51. The van der Waals surface area contributed by atoms with E-state index in [4.69, 9.17) is 14.2 Å². The molecule has 0 bridgehead atoms. The highest BCUT2D eigenvalue weighted by atomic mass is 32.2. The second-order valence-corrected chi connectivity index (χ2v) is 9.63. The fraction of sp³-hybridized carbons (Fsp3) is 0.455. The van der Waals surface area contributed by atoms with Crippen LogP contribution < -0.4 is 9.47 Å². The molecule has 30 heavy (non-hydrogen) atoms. The molecule has 3 rings (SSSR count). The van der Waals surface area contributed by atoms with Crippen molar-refractivity contribution in [2.45, 2.75) is 39.2 Å². The lowest BCUT2D eigenvalue weighted by atomic mass is 10.2. The lowest BCUT2D eigenvalue weighted by Gasteiger charge is -2.36. The van der Waals surface area contributed by atoms with Crippen molar-refractivity contribution in [2.75, 3.05) is 27.2 Å². The Balaban J connectivity index is 1.68. The molecule has 0 spiro atoms. The van der Waals surface area contributed by atoms with E-state index in [2.05, 4.69) is 0 Å². The van der Waals surface area contributed by atoms with Crippen LogP contribution in [0.5, 0.6) is 11.5 Å². The molecular weight excluding hydrogens is 404 g/mol. The van der Waals surface area contributed by atoms with Gasteiger partial charge in [-0.15, -0.1) is 0 Å². The molecule has 2 aromatic carbocycles. The van der Waals surface area contributed by atoms with Gasteiger partial charge in [0.05, 0.1) is 19.3 Å². The van der Waals surface area contributed by atoms with Crippen molar-refractivity contribution in [3.63, 3.8) is 0 Å². The van der Waals surface area contributed by atoms with Crippen LogP contribution in [0.3, 0.4) is 0 Å². The topological polar surface area (TPSA) is 68.3 Å². The van der Waals surface area contributed by atoms with Gasteiger partial charge >= 0.3 is 0 Å². The molecule has 8 heteroatoms. The van der Waals surface area contributed by atoms with E-state index >= 15 is 0 Å². The van der Waals surface area contributed by atoms with Crippen molar-refractivity contribution in [3.05, 3.63) is 59.7 Å². The summed E-state index contributed by atoms with van der Waals surface area (Å²) in [5.74, 6) is 1.19. The van der Waals surface area contributed by atoms with Crippen molar-refractivity contribution in [1.29, 1.82) is 0 Å². The molecule has 7 nitrogen and oxygen atoms in total. The van der Waals surface area contributed by atoms with Crippen LogP contribution in [0, 0.1) is 0 Å². The molecule has 2 aromatic rings. The Morgan fingerprint density at radius 2 is 1.70 bits per heavy atom. The number of nitrogens with zero attached hydrogens (tertiary/aromatic N) is 2. The molecule has 0 saturated carbocycles. The van der Waals surface area contributed by atoms with Crippen molar-refractivity contribution >= 4 is 10.2 Å². The molecule has 164 valence electrons. The minimum absolute atomic E-state index is 0.127. The molecule has 1 fully saturated rings. The fourth-order valence-electron chi connectivity index (χ4n) is 3.52. The fourth-order valence-corrected chi connectivity index (χ4v) is 5.02. The molecule has 0 N–H and O–H groups in total. The summed E-state index contributed by atoms with van der Waals surface area (Å²) in [5, 5.41) is 0. The molecule has 1 saturated heterocycles. The normalized spacial score (nSPS) is 20.3. The Labute approximate surface area is 179 Å². The predicted molar refractivity (Wildman–Crippen MR) is 116 cm³/mol. The number of hydrogen-bond donors (Lipinski definition) is 0. The predicted octanol–water partition coefficient (Wildman–Crippen LogP) is 3.06. The molecule has 2 unspecified atom stereocenters. The summed E-state index contributed by atoms with van der Waals surface area (Å²) in [7, 11) is -0.423. The number of ether oxygens (including phenoxy) is 3. The maximum atomic E-state index is 13.0. The zero-order chi connectivity index (χ0) is 21.7. The van der Waals surface area contributed by atoms with E-state index in [0.717, 1.165) is 11.1 Å². The summed E-state index contributed by atoms with van der Waals surface area (Å²) >= 11 is 0. The highest BCUT2D eigenvalue weighted by Crippen LogP contribution is 2.30. The van der Waals surface area contributed by atoms with E-state index in [1.807, 2.05) is 62.4 Å². The molecular formula is C22H30N2O5S. The van der Waals surface area contributed by atoms with Gasteiger partial charge in [0.25, 0.3) is 10.2 Å². The molecule has 0 aliphatic carbocycles. The van der Waals surface area contributed by atoms with Gasteiger partial charge in [-0.05, 0) is 37.1 Å². The van der Waals surface area contributed by atoms with E-state index in [-0.39, 0.29) is 18.8 Å². The Morgan fingerprint density at radius 3 is 2.33 bits per heavy atom. The average molecular weight is 435 g/mol. The van der Waals surface area contributed by atoms with Crippen molar-refractivity contribution < 1.29 is 22.6 Å². The molecule has 2 atom stereocenters. The number of methoxy groups -OCH3 is 1. The molecule has 1 heterocycles. The highest BCUT2D eigenvalue weighted by molar-refractivity contribution is 7.86. The Morgan fingerprint density at radius 1 is 1.03 bits per heavy atom. The van der Waals surface area contributed by atoms with Gasteiger partial charge in [-0.3, -0.25) is 0 Å². The molecule has 0 radical (unpaired) electrons. The van der Waals surface area contributed by atoms with Gasteiger partial charge in [-0.25, -0.2) is 0 Å². The van der Waals surface area contributed by atoms with Gasteiger partial charge < -0.3 is 14.2 Å². The second-order valence-electron chi connectivity index (χ2n) is 7.60. The van der Waals surface area contributed by atoms with E-state index in [0.29, 0.717) is 31.2 Å². The van der Waals surface area contributed by atoms with Crippen LogP contribution in [0.25, 0.3) is 0 Å². The summed E-state index contributed by atoms with van der Waals surface area (Å²) in [6.45, 7) is 5.14. The maximum absolute atomic E-state index is 13.0. The lowest BCUT2D eigenvalue weighted by molar-refractivity contribution is -0.0453. The highest BCUT2D eigenvalue weighted by Gasteiger charge is 2.33. The Kier molecular flexibility index (Phi) is 7.36. The third-order valence-electron chi connectivity index (χ3n) is 4.98. The molecule has 1 aliphatic heterocycles. The first kappa shape index (κ1) is 22.6. The number of benzene rings is 2. The first-order chi connectivity index (χ1) is 14.3. The largest absolute Gasteiger partial charge is 0.493 e. The Bertz CT molecular complexity index is 926. The van der Waals surface area contributed by atoms with E-state index in [9.17, 15) is 8.42 Å². The van der Waals surface area contributed by atoms with Gasteiger partial charge in [0.15, 0.2) is 11.5 Å². The SMILES string of the molecule is COc1cc(CN(C)S(=O)(=O)N2CC(C)OC(C)C2)ccc1OCc1ccccc1. The number of morpholine rings is 1. The third-order valence-corrected chi connectivity index (χ3v) is 6.84. The molecule has 0 aromatic heterocycles. The van der Waals surface area contributed by atoms with Crippen LogP contribution in [0.15, 0.2) is 48.5 Å². The minimum atomic E-state index is -3.59. The lowest BCUT2D eigenvalue weighted by Crippen LogP contribution is -2.52. The summed E-state index contributed by atoms with van der Waals surface area (Å²) < 4.78 is 45.8. The first-order valence-corrected chi connectivity index (χ1v) is 11.4. The molecule has 1 aliphatic rings. The first-order valence-electron chi connectivity index (χ1n) is 10.00. The van der Waals surface area contributed by atoms with Gasteiger partial charge in [0, 0.05) is 26.7 Å². The maximum Gasteiger partial charge on any atom is 0.282 e. The van der Waals surface area contributed by atoms with Crippen LogP contribution in [0.1, 0.15) is 25.0 Å². The van der Waals surface area contributed by atoms with Gasteiger partial charge in [-0.2, -0.15) is 17.0 Å². The zero-order valence-electron chi connectivity index (χ0n) is 17.9. The standard InChI is InChI=1S/C22H30N2O5S/c1-17-13-24(14-18(2)29-17)30(25,26)23(3)15-20-10-11-21(22(12-20)27-4)28-16-19-8-6-5-7-9-19/h5-12,17-18H,13-16H2,1-4H3. The summed E-state index contributed by atoms with van der Waals surface area (Å²) in [5.41, 5.74) is 1.88. The minimum Gasteiger partial charge on any atom is -0.493 e. The van der Waals surface area contributed by atoms with Gasteiger partial charge in [-0.1, -0.05) is 36.4 Å². The van der Waals surface area contributed by atoms with Gasteiger partial charge in [0.2, 0.25) is 0 Å². The average Bonchev–Trinajstić information content (AvgIpc) is 2.72. The van der Waals surface area contributed by atoms with Crippen LogP contribution >= 0.6 is 0 Å². The van der Waals surface area contributed by atoms with Crippen LogP contribution in [0.4, 0.5) is 0 Å². The zero-order valence-corrected chi connectivity index (χ0v) is 18.8. The van der Waals surface area contributed by atoms with Crippen LogP contribution in [-0.4, -0.2) is 56.5 Å². The Hall–Kier alpha value is -2.13. The number of hydrogen-bond acceptors (Lipinski definition) is 5. The summed E-state index contributed by atoms with van der Waals surface area (Å²) in [6.07, 6.45) is -0.254. The summed E-state index contributed by atoms with van der Waals surface area (Å²) in [4.78, 5) is 0. The van der Waals surface area contributed by atoms with Crippen LogP contribution in [0.2, 0.25) is 0 Å². The summed E-state index contributed by atoms with van der Waals surface area (Å²) in [6, 6.07) is 15.4. The van der Waals surface area contributed by atoms with Crippen molar-refractivity contribution in [3.8, 4) is 11.5 Å². The van der Waals surface area contributed by atoms with Crippen molar-refractivity contribution in [1.82, 2.24) is 8.61 Å². The van der Waals surface area contributed by atoms with E-state index < -0.39 is 10.2 Å². The number of rotatable bonds is 8. The molecule has 0 amide bonds. The van der Waals surface area contributed by atoms with E-state index in [1.54, 1.807) is 14.2 Å². The quantitative estimate of drug-likeness (QED) is 0.639. The smallest absolute Gasteiger partial charge is 0.282 e. The van der Waals surface area contributed by atoms with Crippen molar-refractivity contribution in [2.24, 2.45) is 0 Å².